The number of carbonyl (C=O) groups is 1. The quantitative estimate of drug-likeness (QED) is 0.767. The normalized spacial score (nSPS) is 10.7. The van der Waals surface area contributed by atoms with E-state index in [0.717, 1.165) is 23.1 Å². The zero-order valence-corrected chi connectivity index (χ0v) is 13.4. The smallest absolute Gasteiger partial charge is 0.287 e. The summed E-state index contributed by atoms with van der Waals surface area (Å²) >= 11 is 5.93. The lowest BCUT2D eigenvalue weighted by Gasteiger charge is -2.04. The molecule has 4 nitrogen and oxygen atoms in total. The second kappa shape index (κ2) is 6.75. The van der Waals surface area contributed by atoms with Crippen LogP contribution in [0.5, 0.6) is 5.75 Å². The summed E-state index contributed by atoms with van der Waals surface area (Å²) in [5, 5.41) is 4.29. The van der Waals surface area contributed by atoms with Crippen molar-refractivity contribution in [3.8, 4) is 5.75 Å². The molecule has 0 radical (unpaired) electrons. The third-order valence-corrected chi connectivity index (χ3v) is 3.80. The first-order valence-corrected chi connectivity index (χ1v) is 7.64. The van der Waals surface area contributed by atoms with Crippen LogP contribution >= 0.6 is 11.6 Å². The van der Waals surface area contributed by atoms with Crippen molar-refractivity contribution in [3.63, 3.8) is 0 Å². The molecule has 1 aromatic heterocycles. The second-order valence-corrected chi connectivity index (χ2v) is 5.58. The van der Waals surface area contributed by atoms with Gasteiger partial charge >= 0.3 is 0 Å². The Morgan fingerprint density at radius 2 is 1.96 bits per heavy atom. The van der Waals surface area contributed by atoms with Crippen LogP contribution in [0, 0.1) is 0 Å². The number of amides is 1. The van der Waals surface area contributed by atoms with Crippen LogP contribution in [0.4, 0.5) is 0 Å². The Morgan fingerprint density at radius 1 is 1.17 bits per heavy atom. The molecule has 0 spiro atoms. The lowest BCUT2D eigenvalue weighted by molar-refractivity contribution is 0.0928. The highest BCUT2D eigenvalue weighted by molar-refractivity contribution is 6.31. The van der Waals surface area contributed by atoms with Gasteiger partial charge in [-0.1, -0.05) is 23.7 Å². The molecule has 0 saturated carbocycles. The van der Waals surface area contributed by atoms with Crippen molar-refractivity contribution in [2.24, 2.45) is 0 Å². The van der Waals surface area contributed by atoms with Gasteiger partial charge in [0.15, 0.2) is 5.76 Å². The number of nitrogens with one attached hydrogen (secondary N) is 1. The summed E-state index contributed by atoms with van der Waals surface area (Å²) in [7, 11) is 1.63. The maximum atomic E-state index is 12.1. The van der Waals surface area contributed by atoms with Crippen molar-refractivity contribution in [1.29, 1.82) is 0 Å². The number of ether oxygens (including phenoxy) is 1. The molecule has 5 heteroatoms. The molecular weight excluding hydrogens is 314 g/mol. The van der Waals surface area contributed by atoms with Gasteiger partial charge in [-0.2, -0.15) is 0 Å². The minimum Gasteiger partial charge on any atom is -0.497 e. The monoisotopic (exact) mass is 329 g/mol. The summed E-state index contributed by atoms with van der Waals surface area (Å²) in [6, 6.07) is 14.7. The summed E-state index contributed by atoms with van der Waals surface area (Å²) in [5.74, 6) is 0.876. The summed E-state index contributed by atoms with van der Waals surface area (Å²) in [6.45, 7) is 0.531. The van der Waals surface area contributed by atoms with E-state index < -0.39 is 0 Å². The second-order valence-electron chi connectivity index (χ2n) is 5.15. The van der Waals surface area contributed by atoms with E-state index in [1.165, 1.54) is 0 Å². The fourth-order valence-electron chi connectivity index (χ4n) is 2.33. The highest BCUT2D eigenvalue weighted by Gasteiger charge is 2.12. The minimum atomic E-state index is -0.231. The average molecular weight is 330 g/mol. The van der Waals surface area contributed by atoms with E-state index in [1.807, 2.05) is 24.3 Å². The molecule has 1 heterocycles. The van der Waals surface area contributed by atoms with Gasteiger partial charge in [-0.25, -0.2) is 0 Å². The molecule has 3 aromatic rings. The van der Waals surface area contributed by atoms with Crippen molar-refractivity contribution >= 4 is 28.5 Å². The number of fused-ring (bicyclic) bond motifs is 1. The van der Waals surface area contributed by atoms with Gasteiger partial charge in [0.1, 0.15) is 11.3 Å². The molecule has 0 aliphatic carbocycles. The SMILES string of the molecule is COc1ccc(CCNC(=O)c2cc3cc(Cl)ccc3o2)cc1. The van der Waals surface area contributed by atoms with Crippen molar-refractivity contribution < 1.29 is 13.9 Å². The van der Waals surface area contributed by atoms with Gasteiger partial charge in [0.25, 0.3) is 5.91 Å². The molecule has 3 rings (SSSR count). The number of halogens is 1. The first kappa shape index (κ1) is 15.4. The molecule has 0 atom stereocenters. The van der Waals surface area contributed by atoms with Crippen LogP contribution in [-0.2, 0) is 6.42 Å². The highest BCUT2D eigenvalue weighted by atomic mass is 35.5. The Morgan fingerprint density at radius 3 is 2.70 bits per heavy atom. The zero-order valence-electron chi connectivity index (χ0n) is 12.6. The molecule has 1 N–H and O–H groups in total. The van der Waals surface area contributed by atoms with Crippen molar-refractivity contribution in [3.05, 3.63) is 64.9 Å². The molecule has 118 valence electrons. The lowest BCUT2D eigenvalue weighted by Crippen LogP contribution is -2.25. The molecule has 0 aliphatic heterocycles. The summed E-state index contributed by atoms with van der Waals surface area (Å²) in [6.07, 6.45) is 0.738. The van der Waals surface area contributed by atoms with Crippen LogP contribution in [0.2, 0.25) is 5.02 Å². The molecule has 0 unspecified atom stereocenters. The van der Waals surface area contributed by atoms with E-state index in [4.69, 9.17) is 20.8 Å². The minimum absolute atomic E-state index is 0.231. The fraction of sp³-hybridized carbons (Fsp3) is 0.167. The number of methoxy groups -OCH3 is 1. The van der Waals surface area contributed by atoms with Gasteiger partial charge in [0.05, 0.1) is 7.11 Å². The molecule has 2 aromatic carbocycles. The first-order valence-electron chi connectivity index (χ1n) is 7.26. The molecular formula is C18H16ClNO3. The number of furan rings is 1. The Kier molecular flexibility index (Phi) is 4.53. The van der Waals surface area contributed by atoms with E-state index in [-0.39, 0.29) is 11.7 Å². The van der Waals surface area contributed by atoms with Gasteiger partial charge in [-0.3, -0.25) is 4.79 Å². The first-order chi connectivity index (χ1) is 11.2. The standard InChI is InChI=1S/C18H16ClNO3/c1-22-15-5-2-12(3-6-15)8-9-20-18(21)17-11-13-10-14(19)4-7-16(13)23-17/h2-7,10-11H,8-9H2,1H3,(H,20,21). The van der Waals surface area contributed by atoms with Crippen molar-refractivity contribution in [1.82, 2.24) is 5.32 Å². The van der Waals surface area contributed by atoms with Crippen LogP contribution < -0.4 is 10.1 Å². The number of hydrogen-bond donors (Lipinski definition) is 1. The van der Waals surface area contributed by atoms with Crippen LogP contribution in [0.15, 0.2) is 52.9 Å². The number of rotatable bonds is 5. The maximum absolute atomic E-state index is 12.1. The lowest BCUT2D eigenvalue weighted by atomic mass is 10.1. The maximum Gasteiger partial charge on any atom is 0.287 e. The summed E-state index contributed by atoms with van der Waals surface area (Å²) in [4.78, 5) is 12.1. The molecule has 0 bridgehead atoms. The van der Waals surface area contributed by atoms with Crippen LogP contribution in [-0.4, -0.2) is 19.6 Å². The van der Waals surface area contributed by atoms with Gasteiger partial charge < -0.3 is 14.5 Å². The Labute approximate surface area is 139 Å². The van der Waals surface area contributed by atoms with Crippen LogP contribution in [0.1, 0.15) is 16.1 Å². The predicted molar refractivity (Wildman–Crippen MR) is 90.3 cm³/mol. The van der Waals surface area contributed by atoms with Crippen LogP contribution in [0.3, 0.4) is 0 Å². The van der Waals surface area contributed by atoms with Crippen LogP contribution in [0.25, 0.3) is 11.0 Å². The van der Waals surface area contributed by atoms with E-state index in [0.29, 0.717) is 17.2 Å². The summed E-state index contributed by atoms with van der Waals surface area (Å²) < 4.78 is 10.6. The van der Waals surface area contributed by atoms with Crippen molar-refractivity contribution in [2.75, 3.05) is 13.7 Å². The fourth-order valence-corrected chi connectivity index (χ4v) is 2.51. The molecule has 0 saturated heterocycles. The Hall–Kier alpha value is -2.46. The molecule has 0 aliphatic rings. The largest absolute Gasteiger partial charge is 0.497 e. The topological polar surface area (TPSA) is 51.5 Å². The Bertz CT molecular complexity index is 824. The average Bonchev–Trinajstić information content (AvgIpc) is 2.98. The molecule has 23 heavy (non-hydrogen) atoms. The summed E-state index contributed by atoms with van der Waals surface area (Å²) in [5.41, 5.74) is 1.78. The number of benzene rings is 2. The third-order valence-electron chi connectivity index (χ3n) is 3.56. The predicted octanol–water partition coefficient (Wildman–Crippen LogP) is 4.07. The highest BCUT2D eigenvalue weighted by Crippen LogP contribution is 2.23. The Balaban J connectivity index is 1.59. The number of carbonyl (C=O) groups excluding carboxylic acids is 1. The van der Waals surface area contributed by atoms with Gasteiger partial charge in [0, 0.05) is 17.0 Å². The van der Waals surface area contributed by atoms with Crippen molar-refractivity contribution in [2.45, 2.75) is 6.42 Å². The van der Waals surface area contributed by atoms with Gasteiger partial charge in [0.2, 0.25) is 0 Å². The molecule has 1 amide bonds. The van der Waals surface area contributed by atoms with E-state index in [9.17, 15) is 4.79 Å². The number of hydrogen-bond acceptors (Lipinski definition) is 3. The zero-order chi connectivity index (χ0) is 16.2. The van der Waals surface area contributed by atoms with Gasteiger partial charge in [-0.05, 0) is 48.4 Å². The molecule has 0 fully saturated rings. The van der Waals surface area contributed by atoms with Gasteiger partial charge in [-0.15, -0.1) is 0 Å². The van der Waals surface area contributed by atoms with E-state index in [2.05, 4.69) is 5.32 Å². The van der Waals surface area contributed by atoms with E-state index in [1.54, 1.807) is 31.4 Å². The van der Waals surface area contributed by atoms with E-state index >= 15 is 0 Å². The third kappa shape index (κ3) is 3.66.